The quantitative estimate of drug-likeness (QED) is 0.730. The van der Waals surface area contributed by atoms with Crippen LogP contribution in [0.5, 0.6) is 0 Å². The van der Waals surface area contributed by atoms with Gasteiger partial charge in [0.1, 0.15) is 5.82 Å². The minimum Gasteiger partial charge on any atom is -0.342 e. The molecule has 0 unspecified atom stereocenters. The van der Waals surface area contributed by atoms with Gasteiger partial charge in [0.05, 0.1) is 0 Å². The summed E-state index contributed by atoms with van der Waals surface area (Å²) in [6.07, 6.45) is 1.89. The molecule has 0 fully saturated rings. The van der Waals surface area contributed by atoms with E-state index in [0.717, 1.165) is 36.9 Å². The topological polar surface area (TPSA) is 29.0 Å². The van der Waals surface area contributed by atoms with Crippen LogP contribution < -0.4 is 4.90 Å². The third-order valence-corrected chi connectivity index (χ3v) is 5.16. The number of rotatable bonds is 3. The first kappa shape index (κ1) is 14.4. The van der Waals surface area contributed by atoms with Crippen molar-refractivity contribution in [3.05, 3.63) is 76.6 Å². The van der Waals surface area contributed by atoms with Crippen molar-refractivity contribution >= 4 is 16.7 Å². The Morgan fingerprint density at radius 2 is 1.83 bits per heavy atom. The summed E-state index contributed by atoms with van der Waals surface area (Å²) >= 11 is 1.52. The molecule has 1 aliphatic heterocycles. The van der Waals surface area contributed by atoms with Crippen molar-refractivity contribution < 1.29 is 0 Å². The van der Waals surface area contributed by atoms with Crippen LogP contribution in [-0.2, 0) is 19.4 Å². The molecule has 2 heterocycles. The first-order valence-corrected chi connectivity index (χ1v) is 8.75. The largest absolute Gasteiger partial charge is 0.342 e. The molecule has 0 bridgehead atoms. The summed E-state index contributed by atoms with van der Waals surface area (Å²) in [7, 11) is 0. The standard InChI is InChI=1S/C19H19N3S/c1-14-6-8-15(9-7-14)12-18-20-19(23-21-18)22-11-10-16-4-2-3-5-17(16)13-22/h2-9H,10-13H2,1H3. The summed E-state index contributed by atoms with van der Waals surface area (Å²) in [5.41, 5.74) is 5.43. The van der Waals surface area contributed by atoms with Gasteiger partial charge < -0.3 is 4.90 Å². The van der Waals surface area contributed by atoms with Gasteiger partial charge in [-0.15, -0.1) is 0 Å². The van der Waals surface area contributed by atoms with Gasteiger partial charge in [-0.3, -0.25) is 0 Å². The van der Waals surface area contributed by atoms with Crippen LogP contribution >= 0.6 is 11.5 Å². The fraction of sp³-hybridized carbons (Fsp3) is 0.263. The number of hydrogen-bond donors (Lipinski definition) is 0. The van der Waals surface area contributed by atoms with Gasteiger partial charge in [0.2, 0.25) is 5.13 Å². The lowest BCUT2D eigenvalue weighted by atomic mass is 10.0. The van der Waals surface area contributed by atoms with Crippen LogP contribution in [0.25, 0.3) is 0 Å². The third-order valence-electron chi connectivity index (χ3n) is 4.34. The molecule has 23 heavy (non-hydrogen) atoms. The van der Waals surface area contributed by atoms with Crippen LogP contribution in [0.2, 0.25) is 0 Å². The van der Waals surface area contributed by atoms with Gasteiger partial charge in [0.25, 0.3) is 0 Å². The van der Waals surface area contributed by atoms with Gasteiger partial charge >= 0.3 is 0 Å². The fourth-order valence-electron chi connectivity index (χ4n) is 2.99. The van der Waals surface area contributed by atoms with E-state index >= 15 is 0 Å². The minimum absolute atomic E-state index is 0.807. The summed E-state index contributed by atoms with van der Waals surface area (Å²) in [5.74, 6) is 0.924. The average molecular weight is 321 g/mol. The van der Waals surface area contributed by atoms with Crippen LogP contribution in [0, 0.1) is 6.92 Å². The van der Waals surface area contributed by atoms with Gasteiger partial charge in [-0.1, -0.05) is 54.1 Å². The molecule has 0 saturated carbocycles. The monoisotopic (exact) mass is 321 g/mol. The van der Waals surface area contributed by atoms with E-state index in [1.54, 1.807) is 0 Å². The van der Waals surface area contributed by atoms with Crippen molar-refractivity contribution in [2.75, 3.05) is 11.4 Å². The predicted octanol–water partition coefficient (Wildman–Crippen LogP) is 4.00. The molecule has 0 saturated heterocycles. The summed E-state index contributed by atoms with van der Waals surface area (Å²) in [6, 6.07) is 17.3. The normalized spacial score (nSPS) is 13.9. The van der Waals surface area contributed by atoms with E-state index < -0.39 is 0 Å². The average Bonchev–Trinajstić information content (AvgIpc) is 3.05. The van der Waals surface area contributed by atoms with E-state index in [4.69, 9.17) is 4.98 Å². The molecule has 4 rings (SSSR count). The Balaban J connectivity index is 1.49. The predicted molar refractivity (Wildman–Crippen MR) is 95.1 cm³/mol. The molecule has 3 nitrogen and oxygen atoms in total. The van der Waals surface area contributed by atoms with Crippen molar-refractivity contribution in [3.8, 4) is 0 Å². The molecule has 0 N–H and O–H groups in total. The zero-order chi connectivity index (χ0) is 15.6. The summed E-state index contributed by atoms with van der Waals surface area (Å²) < 4.78 is 4.55. The molecule has 0 radical (unpaired) electrons. The Labute approximate surface area is 140 Å². The van der Waals surface area contributed by atoms with E-state index in [-0.39, 0.29) is 0 Å². The van der Waals surface area contributed by atoms with Gasteiger partial charge in [0, 0.05) is 31.0 Å². The van der Waals surface area contributed by atoms with E-state index in [0.29, 0.717) is 0 Å². The van der Waals surface area contributed by atoms with Crippen LogP contribution in [-0.4, -0.2) is 15.9 Å². The Hall–Kier alpha value is -2.20. The highest BCUT2D eigenvalue weighted by Crippen LogP contribution is 2.26. The third kappa shape index (κ3) is 3.13. The zero-order valence-electron chi connectivity index (χ0n) is 13.2. The molecule has 2 aromatic carbocycles. The molecule has 1 aliphatic rings. The Morgan fingerprint density at radius 3 is 2.65 bits per heavy atom. The fourth-order valence-corrected chi connectivity index (χ4v) is 3.70. The molecule has 3 aromatic rings. The number of fused-ring (bicyclic) bond motifs is 1. The number of benzene rings is 2. The van der Waals surface area contributed by atoms with Gasteiger partial charge in [-0.25, -0.2) is 4.98 Å². The second-order valence-corrected chi connectivity index (χ2v) is 6.83. The molecule has 116 valence electrons. The van der Waals surface area contributed by atoms with Crippen molar-refractivity contribution in [1.29, 1.82) is 0 Å². The first-order chi connectivity index (χ1) is 11.3. The molecular weight excluding hydrogens is 302 g/mol. The van der Waals surface area contributed by atoms with Crippen LogP contribution in [0.15, 0.2) is 48.5 Å². The summed E-state index contributed by atoms with van der Waals surface area (Å²) in [4.78, 5) is 7.10. The van der Waals surface area contributed by atoms with Gasteiger partial charge in [-0.2, -0.15) is 4.37 Å². The van der Waals surface area contributed by atoms with Gasteiger partial charge in [-0.05, 0) is 30.0 Å². The van der Waals surface area contributed by atoms with E-state index in [2.05, 4.69) is 64.7 Å². The minimum atomic E-state index is 0.807. The lowest BCUT2D eigenvalue weighted by Crippen LogP contribution is -2.30. The lowest BCUT2D eigenvalue weighted by molar-refractivity contribution is 0.727. The highest BCUT2D eigenvalue weighted by molar-refractivity contribution is 7.09. The zero-order valence-corrected chi connectivity index (χ0v) is 14.0. The maximum atomic E-state index is 4.76. The molecule has 4 heteroatoms. The number of aryl methyl sites for hydroxylation is 1. The number of nitrogens with zero attached hydrogens (tertiary/aromatic N) is 3. The van der Waals surface area contributed by atoms with Crippen molar-refractivity contribution in [3.63, 3.8) is 0 Å². The Bertz CT molecular complexity index is 807. The molecule has 0 aliphatic carbocycles. The number of hydrogen-bond acceptors (Lipinski definition) is 4. The maximum Gasteiger partial charge on any atom is 0.205 e. The van der Waals surface area contributed by atoms with Crippen LogP contribution in [0.3, 0.4) is 0 Å². The van der Waals surface area contributed by atoms with E-state index in [1.807, 2.05) is 0 Å². The van der Waals surface area contributed by atoms with Crippen molar-refractivity contribution in [1.82, 2.24) is 9.36 Å². The SMILES string of the molecule is Cc1ccc(Cc2nsc(N3CCc4ccccc4C3)n2)cc1. The summed E-state index contributed by atoms with van der Waals surface area (Å²) in [5, 5.41) is 1.04. The number of anilines is 1. The second-order valence-electron chi connectivity index (χ2n) is 6.10. The van der Waals surface area contributed by atoms with E-state index in [1.165, 1.54) is 33.8 Å². The first-order valence-electron chi connectivity index (χ1n) is 7.98. The highest BCUT2D eigenvalue weighted by Gasteiger charge is 2.19. The van der Waals surface area contributed by atoms with Crippen molar-refractivity contribution in [2.45, 2.75) is 26.3 Å². The molecule has 0 atom stereocenters. The Kier molecular flexibility index (Phi) is 3.83. The highest BCUT2D eigenvalue weighted by atomic mass is 32.1. The van der Waals surface area contributed by atoms with Crippen LogP contribution in [0.4, 0.5) is 5.13 Å². The summed E-state index contributed by atoms with van der Waals surface area (Å²) in [6.45, 7) is 4.07. The second kappa shape index (κ2) is 6.13. The van der Waals surface area contributed by atoms with E-state index in [9.17, 15) is 0 Å². The smallest absolute Gasteiger partial charge is 0.205 e. The molecule has 0 amide bonds. The molecule has 1 aromatic heterocycles. The van der Waals surface area contributed by atoms with Crippen LogP contribution in [0.1, 0.15) is 28.1 Å². The number of aromatic nitrogens is 2. The lowest BCUT2D eigenvalue weighted by Gasteiger charge is -2.27. The maximum absolute atomic E-state index is 4.76. The van der Waals surface area contributed by atoms with Crippen molar-refractivity contribution in [2.24, 2.45) is 0 Å². The molecule has 0 spiro atoms. The Morgan fingerprint density at radius 1 is 1.04 bits per heavy atom. The van der Waals surface area contributed by atoms with Gasteiger partial charge in [0.15, 0.2) is 0 Å². The molecular formula is C19H19N3S.